The highest BCUT2D eigenvalue weighted by Gasteiger charge is 2.19. The molecule has 0 aliphatic carbocycles. The fraction of sp³-hybridized carbons (Fsp3) is 0.350. The Balaban J connectivity index is 0.00000210. The molecule has 9 heteroatoms. The molecule has 0 spiro atoms. The fourth-order valence-electron chi connectivity index (χ4n) is 3.21. The molecule has 1 aromatic heterocycles. The van der Waals surface area contributed by atoms with Crippen LogP contribution in [0, 0.1) is 0 Å². The molecular weight excluding hydrogens is 413 g/mol. The number of rotatable bonds is 7. The van der Waals surface area contributed by atoms with Crippen LogP contribution in [0.1, 0.15) is 24.1 Å². The minimum Gasteiger partial charge on any atom is -0.365 e. The van der Waals surface area contributed by atoms with Gasteiger partial charge in [0.05, 0.1) is 18.1 Å². The first-order valence-electron chi connectivity index (χ1n) is 9.20. The van der Waals surface area contributed by atoms with E-state index < -0.39 is 5.91 Å². The molecule has 1 amide bonds. The van der Waals surface area contributed by atoms with Gasteiger partial charge in [-0.2, -0.15) is 0 Å². The molecule has 1 aromatic carbocycles. The van der Waals surface area contributed by atoms with Crippen molar-refractivity contribution in [3.05, 3.63) is 60.1 Å². The molecule has 1 aliphatic rings. The maximum absolute atomic E-state index is 11.0. The molecule has 0 saturated carbocycles. The van der Waals surface area contributed by atoms with Crippen LogP contribution in [0.15, 0.2) is 48.8 Å². The van der Waals surface area contributed by atoms with Crippen molar-refractivity contribution in [1.82, 2.24) is 20.3 Å². The number of aromatic nitrogens is 2. The van der Waals surface area contributed by atoms with E-state index in [9.17, 15) is 4.79 Å². The number of likely N-dealkylation sites (tertiary alicyclic amines) is 1. The van der Waals surface area contributed by atoms with Crippen LogP contribution >= 0.6 is 24.8 Å². The second-order valence-electron chi connectivity index (χ2n) is 6.66. The van der Waals surface area contributed by atoms with Gasteiger partial charge in [-0.3, -0.25) is 15.0 Å². The summed E-state index contributed by atoms with van der Waals surface area (Å²) in [6.45, 7) is 3.19. The van der Waals surface area contributed by atoms with Gasteiger partial charge in [0.15, 0.2) is 0 Å². The summed E-state index contributed by atoms with van der Waals surface area (Å²) in [6, 6.07) is 10.9. The van der Waals surface area contributed by atoms with E-state index in [-0.39, 0.29) is 24.8 Å². The minimum absolute atomic E-state index is 0. The van der Waals surface area contributed by atoms with Gasteiger partial charge in [0.1, 0.15) is 5.82 Å². The van der Waals surface area contributed by atoms with Gasteiger partial charge in [0, 0.05) is 25.2 Å². The van der Waals surface area contributed by atoms with Crippen molar-refractivity contribution >= 4 is 42.6 Å². The monoisotopic (exact) mass is 439 g/mol. The van der Waals surface area contributed by atoms with Gasteiger partial charge in [0.2, 0.25) is 0 Å². The third-order valence-corrected chi connectivity index (χ3v) is 4.60. The first-order valence-corrected chi connectivity index (χ1v) is 9.20. The quantitative estimate of drug-likeness (QED) is 0.349. The number of hydrogen-bond donors (Lipinski definition) is 3. The summed E-state index contributed by atoms with van der Waals surface area (Å²) in [5.74, 6) is 0.130. The van der Waals surface area contributed by atoms with Crippen molar-refractivity contribution in [3.63, 3.8) is 0 Å². The van der Waals surface area contributed by atoms with E-state index in [1.807, 2.05) is 6.07 Å². The van der Waals surface area contributed by atoms with Crippen LogP contribution in [0.3, 0.4) is 0 Å². The molecule has 2 heterocycles. The summed E-state index contributed by atoms with van der Waals surface area (Å²) in [5, 5.41) is 11.9. The van der Waals surface area contributed by atoms with E-state index in [4.69, 9.17) is 5.21 Å². The first kappa shape index (κ1) is 24.8. The largest absolute Gasteiger partial charge is 0.365 e. The zero-order valence-corrected chi connectivity index (χ0v) is 17.7. The number of hydroxylamine groups is 1. The molecular formula is C20H27Cl2N5O2. The van der Waals surface area contributed by atoms with Gasteiger partial charge >= 0.3 is 0 Å². The summed E-state index contributed by atoms with van der Waals surface area (Å²) in [6.07, 6.45) is 9.30. The number of nitrogens with one attached hydrogen (secondary N) is 2. The van der Waals surface area contributed by atoms with E-state index in [2.05, 4.69) is 44.5 Å². The molecule has 2 aromatic rings. The van der Waals surface area contributed by atoms with Crippen LogP contribution in [-0.4, -0.2) is 51.7 Å². The highest BCUT2D eigenvalue weighted by molar-refractivity contribution is 5.90. The Morgan fingerprint density at radius 1 is 1.21 bits per heavy atom. The summed E-state index contributed by atoms with van der Waals surface area (Å²) in [4.78, 5) is 22.1. The number of piperidine rings is 1. The van der Waals surface area contributed by atoms with Crippen molar-refractivity contribution < 1.29 is 10.0 Å². The highest BCUT2D eigenvalue weighted by Crippen LogP contribution is 2.15. The number of anilines is 1. The van der Waals surface area contributed by atoms with E-state index >= 15 is 0 Å². The van der Waals surface area contributed by atoms with Crippen LogP contribution in [-0.2, 0) is 11.2 Å². The number of carbonyl (C=O) groups excluding carboxylic acids is 1. The van der Waals surface area contributed by atoms with Gasteiger partial charge in [0.25, 0.3) is 5.91 Å². The zero-order chi connectivity index (χ0) is 18.9. The lowest BCUT2D eigenvalue weighted by atomic mass is 10.0. The van der Waals surface area contributed by atoms with Gasteiger partial charge in [-0.1, -0.05) is 30.3 Å². The molecule has 7 nitrogen and oxygen atoms in total. The molecule has 0 bridgehead atoms. The van der Waals surface area contributed by atoms with Crippen LogP contribution in [0.4, 0.5) is 5.82 Å². The predicted octanol–water partition coefficient (Wildman–Crippen LogP) is 2.96. The fourth-order valence-corrected chi connectivity index (χ4v) is 3.21. The average molecular weight is 440 g/mol. The third kappa shape index (κ3) is 8.37. The molecule has 1 saturated heterocycles. The molecule has 1 atom stereocenters. The smallest absolute Gasteiger partial charge is 0.267 e. The lowest BCUT2D eigenvalue weighted by molar-refractivity contribution is -0.124. The third-order valence-electron chi connectivity index (χ3n) is 4.60. The standard InChI is InChI=1S/C20H25N5O2.2ClH/c26-20(24-27)9-8-17-13-22-19(14-21-17)23-18-7-4-11-25(15-18)12-10-16-5-2-1-3-6-16;;/h1-3,5-6,8-9,13-14,18,27H,4,7,10-12,15H2,(H,22,23)(H,24,26);2*1H/t18-;;/m1../s1. The van der Waals surface area contributed by atoms with Crippen molar-refractivity contribution in [2.75, 3.05) is 25.0 Å². The Labute approximate surface area is 183 Å². The number of halogens is 2. The predicted molar refractivity (Wildman–Crippen MR) is 119 cm³/mol. The Hall–Kier alpha value is -2.19. The molecule has 29 heavy (non-hydrogen) atoms. The van der Waals surface area contributed by atoms with Gasteiger partial charge in [-0.25, -0.2) is 10.5 Å². The second kappa shape index (κ2) is 13.1. The van der Waals surface area contributed by atoms with E-state index in [0.717, 1.165) is 44.7 Å². The lowest BCUT2D eigenvalue weighted by Crippen LogP contribution is -2.43. The van der Waals surface area contributed by atoms with Crippen LogP contribution in [0.5, 0.6) is 0 Å². The summed E-state index contributed by atoms with van der Waals surface area (Å²) < 4.78 is 0. The van der Waals surface area contributed by atoms with Gasteiger partial charge in [-0.15, -0.1) is 24.8 Å². The molecule has 1 fully saturated rings. The highest BCUT2D eigenvalue weighted by atomic mass is 35.5. The van der Waals surface area contributed by atoms with Crippen molar-refractivity contribution in [3.8, 4) is 0 Å². The van der Waals surface area contributed by atoms with Crippen LogP contribution in [0.25, 0.3) is 6.08 Å². The SMILES string of the molecule is Cl.Cl.O=C(C=Cc1cnc(N[C@@H]2CCCN(CCc3ccccc3)C2)cn1)NO. The van der Waals surface area contributed by atoms with Gasteiger partial charge in [-0.05, 0) is 37.4 Å². The van der Waals surface area contributed by atoms with E-state index in [0.29, 0.717) is 11.7 Å². The van der Waals surface area contributed by atoms with Crippen LogP contribution < -0.4 is 10.8 Å². The maximum Gasteiger partial charge on any atom is 0.267 e. The van der Waals surface area contributed by atoms with Crippen molar-refractivity contribution in [2.45, 2.75) is 25.3 Å². The number of carbonyl (C=O) groups is 1. The van der Waals surface area contributed by atoms with Crippen molar-refractivity contribution in [2.24, 2.45) is 0 Å². The summed E-state index contributed by atoms with van der Waals surface area (Å²) in [7, 11) is 0. The molecule has 1 aliphatic heterocycles. The maximum atomic E-state index is 11.0. The first-order chi connectivity index (χ1) is 13.2. The summed E-state index contributed by atoms with van der Waals surface area (Å²) >= 11 is 0. The zero-order valence-electron chi connectivity index (χ0n) is 16.0. The second-order valence-corrected chi connectivity index (χ2v) is 6.66. The topological polar surface area (TPSA) is 90.4 Å². The Bertz CT molecular complexity index is 759. The minimum atomic E-state index is -0.600. The Morgan fingerprint density at radius 3 is 2.69 bits per heavy atom. The number of benzene rings is 1. The van der Waals surface area contributed by atoms with Gasteiger partial charge < -0.3 is 10.2 Å². The van der Waals surface area contributed by atoms with Crippen molar-refractivity contribution in [1.29, 1.82) is 0 Å². The Kier molecular flexibility index (Phi) is 11.2. The van der Waals surface area contributed by atoms with E-state index in [1.54, 1.807) is 12.4 Å². The molecule has 158 valence electrons. The molecule has 0 unspecified atom stereocenters. The lowest BCUT2D eigenvalue weighted by Gasteiger charge is -2.33. The number of nitrogens with zero attached hydrogens (tertiary/aromatic N) is 3. The normalized spacial score (nSPS) is 16.5. The Morgan fingerprint density at radius 2 is 2.00 bits per heavy atom. The molecule has 3 N–H and O–H groups in total. The molecule has 3 rings (SSSR count). The average Bonchev–Trinajstić information content (AvgIpc) is 2.72. The summed E-state index contributed by atoms with van der Waals surface area (Å²) in [5.41, 5.74) is 3.46. The van der Waals surface area contributed by atoms with Crippen LogP contribution in [0.2, 0.25) is 0 Å². The number of amides is 1. The molecule has 0 radical (unpaired) electrons. The number of hydrogen-bond acceptors (Lipinski definition) is 6. The van der Waals surface area contributed by atoms with E-state index in [1.165, 1.54) is 23.2 Å².